The van der Waals surface area contributed by atoms with Crippen LogP contribution in [0.3, 0.4) is 0 Å². The number of nitrogens with zero attached hydrogens (tertiary/aromatic N) is 1. The lowest BCUT2D eigenvalue weighted by Crippen LogP contribution is -2.05. The molecule has 0 aliphatic rings. The molecule has 0 saturated heterocycles. The lowest BCUT2D eigenvalue weighted by atomic mass is 10.1. The van der Waals surface area contributed by atoms with E-state index in [1.807, 2.05) is 0 Å². The summed E-state index contributed by atoms with van der Waals surface area (Å²) in [5.74, 6) is -0.368. The number of benzene rings is 2. The highest BCUT2D eigenvalue weighted by molar-refractivity contribution is 5.41. The van der Waals surface area contributed by atoms with Crippen LogP contribution in [0.2, 0.25) is 0 Å². The van der Waals surface area contributed by atoms with Crippen molar-refractivity contribution in [3.05, 3.63) is 64.0 Å². The molecule has 104 valence electrons. The molecule has 20 heavy (non-hydrogen) atoms. The lowest BCUT2D eigenvalue weighted by Gasteiger charge is -2.10. The highest BCUT2D eigenvalue weighted by atomic mass is 19.1. The summed E-state index contributed by atoms with van der Waals surface area (Å²) in [5, 5.41) is 10.7. The number of non-ortho nitro benzene ring substituents is 1. The first-order valence-corrected chi connectivity index (χ1v) is 5.94. The topological polar surface area (TPSA) is 78.4 Å². The third-order valence-electron chi connectivity index (χ3n) is 2.74. The van der Waals surface area contributed by atoms with Crippen LogP contribution in [-0.2, 0) is 0 Å². The number of hydrogen-bond donors (Lipinski definition) is 1. The molecule has 2 rings (SSSR count). The van der Waals surface area contributed by atoms with Gasteiger partial charge in [0.15, 0.2) is 11.6 Å². The minimum absolute atomic E-state index is 0.00472. The Morgan fingerprint density at radius 2 is 2.05 bits per heavy atom. The number of halogens is 1. The van der Waals surface area contributed by atoms with E-state index < -0.39 is 10.7 Å². The molecule has 2 aromatic rings. The van der Waals surface area contributed by atoms with E-state index in [2.05, 4.69) is 0 Å². The van der Waals surface area contributed by atoms with Crippen molar-refractivity contribution in [2.75, 3.05) is 0 Å². The number of hydrogen-bond acceptors (Lipinski definition) is 4. The Morgan fingerprint density at radius 3 is 2.65 bits per heavy atom. The van der Waals surface area contributed by atoms with Gasteiger partial charge in [0.05, 0.1) is 11.0 Å². The van der Waals surface area contributed by atoms with Crippen molar-refractivity contribution in [3.63, 3.8) is 0 Å². The van der Waals surface area contributed by atoms with Crippen molar-refractivity contribution < 1.29 is 14.1 Å². The van der Waals surface area contributed by atoms with Crippen molar-refractivity contribution >= 4 is 5.69 Å². The van der Waals surface area contributed by atoms with Gasteiger partial charge in [0, 0.05) is 12.1 Å². The SMILES string of the molecule is C[C@H](N)c1ccc(Oc2cccc([N+](=O)[O-])c2)c(F)c1. The molecular formula is C14H13FN2O3. The second kappa shape index (κ2) is 5.66. The number of nitro benzene ring substituents is 1. The van der Waals surface area contributed by atoms with Gasteiger partial charge in [0.2, 0.25) is 0 Å². The van der Waals surface area contributed by atoms with Crippen molar-refractivity contribution in [2.24, 2.45) is 5.73 Å². The summed E-state index contributed by atoms with van der Waals surface area (Å²) in [6, 6.07) is 9.68. The van der Waals surface area contributed by atoms with E-state index in [0.29, 0.717) is 5.56 Å². The second-order valence-electron chi connectivity index (χ2n) is 4.34. The van der Waals surface area contributed by atoms with E-state index in [9.17, 15) is 14.5 Å². The van der Waals surface area contributed by atoms with E-state index in [-0.39, 0.29) is 23.2 Å². The maximum Gasteiger partial charge on any atom is 0.273 e. The van der Waals surface area contributed by atoms with Gasteiger partial charge in [0.1, 0.15) is 5.75 Å². The molecule has 0 saturated carbocycles. The molecule has 0 radical (unpaired) electrons. The summed E-state index contributed by atoms with van der Waals surface area (Å²) in [5.41, 5.74) is 6.19. The number of rotatable bonds is 4. The van der Waals surface area contributed by atoms with Crippen LogP contribution in [0, 0.1) is 15.9 Å². The second-order valence-corrected chi connectivity index (χ2v) is 4.34. The molecule has 0 bridgehead atoms. The van der Waals surface area contributed by atoms with Gasteiger partial charge in [-0.25, -0.2) is 4.39 Å². The van der Waals surface area contributed by atoms with Crippen molar-refractivity contribution in [1.82, 2.24) is 0 Å². The van der Waals surface area contributed by atoms with Gasteiger partial charge in [-0.05, 0) is 30.7 Å². The van der Waals surface area contributed by atoms with Gasteiger partial charge in [-0.3, -0.25) is 10.1 Å². The predicted octanol–water partition coefficient (Wildman–Crippen LogP) is 3.55. The molecular weight excluding hydrogens is 263 g/mol. The molecule has 0 aliphatic heterocycles. The largest absolute Gasteiger partial charge is 0.454 e. The Labute approximate surface area is 114 Å². The smallest absolute Gasteiger partial charge is 0.273 e. The molecule has 0 fully saturated rings. The predicted molar refractivity (Wildman–Crippen MR) is 72.2 cm³/mol. The molecule has 0 unspecified atom stereocenters. The molecule has 1 atom stereocenters. The normalized spacial score (nSPS) is 11.9. The zero-order chi connectivity index (χ0) is 14.7. The molecule has 2 aromatic carbocycles. The molecule has 0 aromatic heterocycles. The Balaban J connectivity index is 2.26. The van der Waals surface area contributed by atoms with Gasteiger partial charge in [-0.1, -0.05) is 12.1 Å². The summed E-state index contributed by atoms with van der Waals surface area (Å²) in [6.45, 7) is 1.75. The van der Waals surface area contributed by atoms with Crippen LogP contribution in [0.5, 0.6) is 11.5 Å². The third-order valence-corrected chi connectivity index (χ3v) is 2.74. The van der Waals surface area contributed by atoms with Crippen molar-refractivity contribution in [1.29, 1.82) is 0 Å². The first kappa shape index (κ1) is 14.0. The van der Waals surface area contributed by atoms with Crippen LogP contribution < -0.4 is 10.5 Å². The van der Waals surface area contributed by atoms with Gasteiger partial charge in [-0.15, -0.1) is 0 Å². The molecule has 0 amide bonds. The fraction of sp³-hybridized carbons (Fsp3) is 0.143. The third kappa shape index (κ3) is 3.10. The van der Waals surface area contributed by atoms with Gasteiger partial charge >= 0.3 is 0 Å². The Morgan fingerprint density at radius 1 is 1.30 bits per heavy atom. The van der Waals surface area contributed by atoms with Crippen LogP contribution in [0.1, 0.15) is 18.5 Å². The number of ether oxygens (including phenoxy) is 1. The summed E-state index contributed by atoms with van der Waals surface area (Å²) in [6.07, 6.45) is 0. The van der Waals surface area contributed by atoms with E-state index in [1.165, 1.54) is 36.4 Å². The Kier molecular flexibility index (Phi) is 3.95. The molecule has 2 N–H and O–H groups in total. The van der Waals surface area contributed by atoms with E-state index in [4.69, 9.17) is 10.5 Å². The van der Waals surface area contributed by atoms with E-state index >= 15 is 0 Å². The zero-order valence-corrected chi connectivity index (χ0v) is 10.7. The van der Waals surface area contributed by atoms with Crippen LogP contribution in [0.25, 0.3) is 0 Å². The number of nitro groups is 1. The fourth-order valence-electron chi connectivity index (χ4n) is 1.67. The summed E-state index contributed by atoms with van der Waals surface area (Å²) in [4.78, 5) is 10.1. The molecule has 5 nitrogen and oxygen atoms in total. The van der Waals surface area contributed by atoms with Gasteiger partial charge < -0.3 is 10.5 Å². The number of nitrogens with two attached hydrogens (primary N) is 1. The van der Waals surface area contributed by atoms with Crippen LogP contribution >= 0.6 is 0 Å². The summed E-state index contributed by atoms with van der Waals surface area (Å²) < 4.78 is 19.2. The molecule has 0 spiro atoms. The summed E-state index contributed by atoms with van der Waals surface area (Å²) in [7, 11) is 0. The van der Waals surface area contributed by atoms with Crippen LogP contribution in [0.15, 0.2) is 42.5 Å². The lowest BCUT2D eigenvalue weighted by molar-refractivity contribution is -0.384. The first-order valence-electron chi connectivity index (χ1n) is 5.94. The van der Waals surface area contributed by atoms with Gasteiger partial charge in [0.25, 0.3) is 5.69 Å². The first-order chi connectivity index (χ1) is 9.47. The molecule has 0 heterocycles. The monoisotopic (exact) mass is 276 g/mol. The average Bonchev–Trinajstić information content (AvgIpc) is 2.41. The van der Waals surface area contributed by atoms with Crippen molar-refractivity contribution in [2.45, 2.75) is 13.0 Å². The standard InChI is InChI=1S/C14H13FN2O3/c1-9(16)10-5-6-14(13(15)7-10)20-12-4-2-3-11(8-12)17(18)19/h2-9H,16H2,1H3/t9-/m0/s1. The molecule has 6 heteroatoms. The zero-order valence-electron chi connectivity index (χ0n) is 10.7. The quantitative estimate of drug-likeness (QED) is 0.684. The fourth-order valence-corrected chi connectivity index (χ4v) is 1.67. The van der Waals surface area contributed by atoms with E-state index in [0.717, 1.165) is 0 Å². The Hall–Kier alpha value is -2.47. The minimum atomic E-state index is -0.564. The van der Waals surface area contributed by atoms with Crippen LogP contribution in [-0.4, -0.2) is 4.92 Å². The highest BCUT2D eigenvalue weighted by Gasteiger charge is 2.11. The summed E-state index contributed by atoms with van der Waals surface area (Å²) >= 11 is 0. The minimum Gasteiger partial charge on any atom is -0.454 e. The van der Waals surface area contributed by atoms with Crippen LogP contribution in [0.4, 0.5) is 10.1 Å². The average molecular weight is 276 g/mol. The molecule has 0 aliphatic carbocycles. The van der Waals surface area contributed by atoms with Crippen molar-refractivity contribution in [3.8, 4) is 11.5 Å². The Bertz CT molecular complexity index is 644. The maximum atomic E-state index is 13.8. The maximum absolute atomic E-state index is 13.8. The van der Waals surface area contributed by atoms with Gasteiger partial charge in [-0.2, -0.15) is 0 Å². The van der Waals surface area contributed by atoms with E-state index in [1.54, 1.807) is 13.0 Å². The highest BCUT2D eigenvalue weighted by Crippen LogP contribution is 2.28.